The van der Waals surface area contributed by atoms with Crippen LogP contribution >= 0.6 is 0 Å². The molecule has 0 saturated carbocycles. The number of nitrogens with zero attached hydrogens (tertiary/aromatic N) is 2. The smallest absolute Gasteiger partial charge is 0.243 e. The second-order valence-electron chi connectivity index (χ2n) is 8.42. The molecule has 2 aliphatic rings. The summed E-state index contributed by atoms with van der Waals surface area (Å²) in [6.07, 6.45) is 1.64. The summed E-state index contributed by atoms with van der Waals surface area (Å²) in [5.74, 6) is 0.102. The second-order valence-corrected chi connectivity index (χ2v) is 10.3. The molecule has 0 aromatic heterocycles. The van der Waals surface area contributed by atoms with Crippen LogP contribution in [0.4, 0.5) is 11.4 Å². The Labute approximate surface area is 194 Å². The van der Waals surface area contributed by atoms with Gasteiger partial charge in [0.25, 0.3) is 0 Å². The number of anilines is 2. The number of para-hydroxylation sites is 2. The predicted molar refractivity (Wildman–Crippen MR) is 126 cm³/mol. The Kier molecular flexibility index (Phi) is 6.45. The summed E-state index contributed by atoms with van der Waals surface area (Å²) in [5, 5.41) is 2.84. The molecule has 2 atom stereocenters. The number of hydrogen-bond acceptors (Lipinski definition) is 5. The van der Waals surface area contributed by atoms with Gasteiger partial charge in [-0.15, -0.1) is 0 Å². The maximum atomic E-state index is 13.5. The van der Waals surface area contributed by atoms with E-state index in [9.17, 15) is 18.0 Å². The van der Waals surface area contributed by atoms with E-state index in [4.69, 9.17) is 4.74 Å². The SMILES string of the molecule is CCOc1ccccc1NC(=O)C1CCCN1S(=O)(=O)c1ccc2c(c1)CC(C)N2C(C)=O. The van der Waals surface area contributed by atoms with Crippen LogP contribution < -0.4 is 15.0 Å². The van der Waals surface area contributed by atoms with Gasteiger partial charge in [0.05, 0.1) is 17.2 Å². The Morgan fingerprint density at radius 1 is 1.18 bits per heavy atom. The van der Waals surface area contributed by atoms with Crippen molar-refractivity contribution in [1.82, 2.24) is 4.31 Å². The van der Waals surface area contributed by atoms with Gasteiger partial charge in [-0.05, 0) is 69.0 Å². The Morgan fingerprint density at radius 3 is 2.67 bits per heavy atom. The van der Waals surface area contributed by atoms with Crippen LogP contribution in [0.15, 0.2) is 47.4 Å². The van der Waals surface area contributed by atoms with Gasteiger partial charge in [0.15, 0.2) is 0 Å². The molecule has 1 fully saturated rings. The van der Waals surface area contributed by atoms with Gasteiger partial charge in [-0.3, -0.25) is 9.59 Å². The molecule has 9 heteroatoms. The zero-order chi connectivity index (χ0) is 23.8. The zero-order valence-electron chi connectivity index (χ0n) is 19.1. The highest BCUT2D eigenvalue weighted by Crippen LogP contribution is 2.36. The molecule has 0 spiro atoms. The number of sulfonamides is 1. The fraction of sp³-hybridized carbons (Fsp3) is 0.417. The highest BCUT2D eigenvalue weighted by Gasteiger charge is 2.40. The van der Waals surface area contributed by atoms with Crippen molar-refractivity contribution >= 4 is 33.2 Å². The molecule has 0 aliphatic carbocycles. The third-order valence-corrected chi connectivity index (χ3v) is 8.07. The average Bonchev–Trinajstić information content (AvgIpc) is 3.39. The molecule has 2 aliphatic heterocycles. The van der Waals surface area contributed by atoms with Gasteiger partial charge in [0.1, 0.15) is 11.8 Å². The molecule has 2 amide bonds. The predicted octanol–water partition coefficient (Wildman–Crippen LogP) is 3.17. The maximum absolute atomic E-state index is 13.5. The number of carbonyl (C=O) groups excluding carboxylic acids is 2. The summed E-state index contributed by atoms with van der Waals surface area (Å²) in [5.41, 5.74) is 2.09. The molecule has 1 N–H and O–H groups in total. The molecule has 2 aromatic rings. The van der Waals surface area contributed by atoms with Crippen molar-refractivity contribution in [3.05, 3.63) is 48.0 Å². The monoisotopic (exact) mass is 471 g/mol. The van der Waals surface area contributed by atoms with E-state index in [0.29, 0.717) is 37.3 Å². The van der Waals surface area contributed by atoms with Crippen LogP contribution in [0.2, 0.25) is 0 Å². The van der Waals surface area contributed by atoms with Crippen LogP contribution in [0.25, 0.3) is 0 Å². The van der Waals surface area contributed by atoms with Gasteiger partial charge >= 0.3 is 0 Å². The number of rotatable bonds is 6. The maximum Gasteiger partial charge on any atom is 0.243 e. The fourth-order valence-electron chi connectivity index (χ4n) is 4.74. The van der Waals surface area contributed by atoms with Crippen molar-refractivity contribution in [1.29, 1.82) is 0 Å². The van der Waals surface area contributed by atoms with Crippen molar-refractivity contribution < 1.29 is 22.7 Å². The van der Waals surface area contributed by atoms with Crippen LogP contribution in [-0.4, -0.2) is 49.8 Å². The summed E-state index contributed by atoms with van der Waals surface area (Å²) in [7, 11) is -3.88. The molecule has 33 heavy (non-hydrogen) atoms. The largest absolute Gasteiger partial charge is 0.492 e. The molecule has 2 heterocycles. The fourth-order valence-corrected chi connectivity index (χ4v) is 6.45. The van der Waals surface area contributed by atoms with Crippen molar-refractivity contribution in [2.45, 2.75) is 57.0 Å². The molecule has 1 saturated heterocycles. The standard InChI is InChI=1S/C24H29N3O5S/c1-4-32-23-10-6-5-8-20(23)25-24(29)22-9-7-13-26(22)33(30,31)19-11-12-21-18(15-19)14-16(2)27(21)17(3)28/h5-6,8,10-12,15-16,22H,4,7,9,13-14H2,1-3H3,(H,25,29). The quantitative estimate of drug-likeness (QED) is 0.698. The number of fused-ring (bicyclic) bond motifs is 1. The van der Waals surface area contributed by atoms with Gasteiger partial charge in [0, 0.05) is 25.2 Å². The van der Waals surface area contributed by atoms with Crippen LogP contribution in [0, 0.1) is 0 Å². The van der Waals surface area contributed by atoms with Gasteiger partial charge in [-0.2, -0.15) is 4.31 Å². The lowest BCUT2D eigenvalue weighted by Crippen LogP contribution is -2.43. The minimum atomic E-state index is -3.88. The van der Waals surface area contributed by atoms with E-state index in [1.807, 2.05) is 19.9 Å². The Bertz CT molecular complexity index is 1180. The summed E-state index contributed by atoms with van der Waals surface area (Å²) in [4.78, 5) is 26.9. The first-order valence-corrected chi connectivity index (χ1v) is 12.6. The van der Waals surface area contributed by atoms with Gasteiger partial charge in [0.2, 0.25) is 21.8 Å². The third kappa shape index (κ3) is 4.35. The lowest BCUT2D eigenvalue weighted by molar-refractivity contribution is -0.119. The van der Waals surface area contributed by atoms with Gasteiger partial charge in [-0.25, -0.2) is 8.42 Å². The Morgan fingerprint density at radius 2 is 1.94 bits per heavy atom. The second kappa shape index (κ2) is 9.15. The van der Waals surface area contributed by atoms with E-state index in [1.165, 1.54) is 17.3 Å². The molecule has 8 nitrogen and oxygen atoms in total. The van der Waals surface area contributed by atoms with Crippen molar-refractivity contribution in [2.75, 3.05) is 23.4 Å². The minimum absolute atomic E-state index is 0.0221. The van der Waals surface area contributed by atoms with E-state index < -0.39 is 16.1 Å². The summed E-state index contributed by atoms with van der Waals surface area (Å²) < 4.78 is 33.9. The Balaban J connectivity index is 1.58. The summed E-state index contributed by atoms with van der Waals surface area (Å²) >= 11 is 0. The van der Waals surface area contributed by atoms with Crippen LogP contribution in [-0.2, 0) is 26.0 Å². The molecule has 0 bridgehead atoms. The normalized spacial score (nSPS) is 20.5. The number of ether oxygens (including phenoxy) is 1. The van der Waals surface area contributed by atoms with Crippen LogP contribution in [0.3, 0.4) is 0 Å². The van der Waals surface area contributed by atoms with E-state index in [1.54, 1.807) is 35.2 Å². The molecule has 0 radical (unpaired) electrons. The number of amides is 2. The van der Waals surface area contributed by atoms with E-state index in [-0.39, 0.29) is 29.3 Å². The third-order valence-electron chi connectivity index (χ3n) is 6.16. The summed E-state index contributed by atoms with van der Waals surface area (Å²) in [6, 6.07) is 11.1. The Hall–Kier alpha value is -2.91. The highest BCUT2D eigenvalue weighted by atomic mass is 32.2. The molecule has 2 unspecified atom stereocenters. The van der Waals surface area contributed by atoms with Crippen molar-refractivity contribution in [3.8, 4) is 5.75 Å². The van der Waals surface area contributed by atoms with Gasteiger partial charge in [-0.1, -0.05) is 12.1 Å². The van der Waals surface area contributed by atoms with E-state index in [2.05, 4.69) is 5.32 Å². The lowest BCUT2D eigenvalue weighted by Gasteiger charge is -2.24. The van der Waals surface area contributed by atoms with Crippen molar-refractivity contribution in [2.24, 2.45) is 0 Å². The van der Waals surface area contributed by atoms with Crippen LogP contribution in [0.5, 0.6) is 5.75 Å². The summed E-state index contributed by atoms with van der Waals surface area (Å²) in [6.45, 7) is 6.04. The first-order valence-electron chi connectivity index (χ1n) is 11.2. The van der Waals surface area contributed by atoms with E-state index in [0.717, 1.165) is 11.3 Å². The molecular weight excluding hydrogens is 442 g/mol. The minimum Gasteiger partial charge on any atom is -0.492 e. The number of hydrogen-bond donors (Lipinski definition) is 1. The highest BCUT2D eigenvalue weighted by molar-refractivity contribution is 7.89. The first kappa shape index (κ1) is 23.3. The topological polar surface area (TPSA) is 96.0 Å². The van der Waals surface area contributed by atoms with Crippen molar-refractivity contribution in [3.63, 3.8) is 0 Å². The molecular formula is C24H29N3O5S. The average molecular weight is 472 g/mol. The number of benzene rings is 2. The molecule has 4 rings (SSSR count). The first-order chi connectivity index (χ1) is 15.7. The molecule has 2 aromatic carbocycles. The number of nitrogens with one attached hydrogen (secondary N) is 1. The van der Waals surface area contributed by atoms with E-state index >= 15 is 0 Å². The number of carbonyl (C=O) groups is 2. The molecule has 176 valence electrons. The van der Waals surface area contributed by atoms with Gasteiger partial charge < -0.3 is 15.0 Å². The lowest BCUT2D eigenvalue weighted by atomic mass is 10.1. The van der Waals surface area contributed by atoms with Crippen LogP contribution in [0.1, 0.15) is 39.2 Å². The zero-order valence-corrected chi connectivity index (χ0v) is 19.9.